The van der Waals surface area contributed by atoms with Gasteiger partial charge in [-0.3, -0.25) is 0 Å². The number of hydrogen-bond donors (Lipinski definition) is 1. The SMILES string of the molecule is CC1(C)CN(CC23CC4CC5(C)CC(c6ccccc6)(C2)C53C4)CCC1N. The van der Waals surface area contributed by atoms with Crippen LogP contribution in [0.15, 0.2) is 30.3 Å². The first-order valence-electron chi connectivity index (χ1n) is 11.3. The van der Waals surface area contributed by atoms with E-state index in [2.05, 4.69) is 56.0 Å². The topological polar surface area (TPSA) is 29.3 Å². The van der Waals surface area contributed by atoms with E-state index >= 15 is 0 Å². The minimum Gasteiger partial charge on any atom is -0.327 e. The third-order valence-electron chi connectivity index (χ3n) is 10.3. The first-order valence-corrected chi connectivity index (χ1v) is 11.3. The molecule has 146 valence electrons. The number of nitrogens with two attached hydrogens (primary N) is 1. The lowest BCUT2D eigenvalue weighted by Gasteiger charge is -2.84. The Hall–Kier alpha value is -0.860. The monoisotopic (exact) mass is 364 g/mol. The Morgan fingerprint density at radius 3 is 2.52 bits per heavy atom. The Morgan fingerprint density at radius 2 is 1.81 bits per heavy atom. The molecule has 27 heavy (non-hydrogen) atoms. The largest absolute Gasteiger partial charge is 0.327 e. The molecule has 1 aromatic rings. The van der Waals surface area contributed by atoms with Crippen LogP contribution in [-0.2, 0) is 5.41 Å². The van der Waals surface area contributed by atoms with E-state index in [9.17, 15) is 0 Å². The van der Waals surface area contributed by atoms with E-state index in [1.54, 1.807) is 5.56 Å². The molecule has 2 nitrogen and oxygen atoms in total. The van der Waals surface area contributed by atoms with Crippen molar-refractivity contribution in [3.8, 4) is 0 Å². The standard InChI is InChI=1S/C25H36N2/c1-21(2)16-27(10-9-20(21)26)17-23-12-18-11-22(3)14-24(15-23,25(22,23)13-18)19-7-5-4-6-8-19/h4-8,18,20H,9-17,26H2,1-3H3. The van der Waals surface area contributed by atoms with E-state index in [-0.39, 0.29) is 5.41 Å². The molecule has 0 radical (unpaired) electrons. The lowest BCUT2D eigenvalue weighted by molar-refractivity contribution is -0.320. The lowest BCUT2D eigenvalue weighted by atomic mass is 9.19. The maximum atomic E-state index is 6.44. The Labute approximate surface area is 164 Å². The molecule has 0 amide bonds. The van der Waals surface area contributed by atoms with Gasteiger partial charge in [-0.25, -0.2) is 0 Å². The van der Waals surface area contributed by atoms with Gasteiger partial charge >= 0.3 is 0 Å². The molecule has 6 atom stereocenters. The van der Waals surface area contributed by atoms with Crippen molar-refractivity contribution in [2.75, 3.05) is 19.6 Å². The van der Waals surface area contributed by atoms with Crippen molar-refractivity contribution in [2.24, 2.45) is 33.3 Å². The summed E-state index contributed by atoms with van der Waals surface area (Å²) < 4.78 is 0. The third kappa shape index (κ3) is 1.73. The van der Waals surface area contributed by atoms with Crippen LogP contribution in [0.5, 0.6) is 0 Å². The predicted octanol–water partition coefficient (Wildman–Crippen LogP) is 4.58. The fraction of sp³-hybridized carbons (Fsp3) is 0.760. The molecule has 0 aromatic heterocycles. The van der Waals surface area contributed by atoms with Crippen molar-refractivity contribution in [1.29, 1.82) is 0 Å². The van der Waals surface area contributed by atoms with Gasteiger partial charge in [0.2, 0.25) is 0 Å². The van der Waals surface area contributed by atoms with Crippen molar-refractivity contribution in [3.05, 3.63) is 35.9 Å². The highest BCUT2D eigenvalue weighted by Crippen LogP contribution is 2.95. The van der Waals surface area contributed by atoms with Crippen LogP contribution in [0.4, 0.5) is 0 Å². The van der Waals surface area contributed by atoms with E-state index < -0.39 is 0 Å². The van der Waals surface area contributed by atoms with Crippen molar-refractivity contribution in [2.45, 2.75) is 70.8 Å². The van der Waals surface area contributed by atoms with Crippen LogP contribution >= 0.6 is 0 Å². The zero-order chi connectivity index (χ0) is 18.7. The maximum Gasteiger partial charge on any atom is 0.0115 e. The molecule has 6 rings (SSSR count). The number of nitrogens with zero attached hydrogens (tertiary/aromatic N) is 1. The van der Waals surface area contributed by atoms with Crippen molar-refractivity contribution in [3.63, 3.8) is 0 Å². The van der Waals surface area contributed by atoms with Crippen LogP contribution in [0.1, 0.15) is 64.9 Å². The average Bonchev–Trinajstić information content (AvgIpc) is 3.04. The summed E-state index contributed by atoms with van der Waals surface area (Å²) in [7, 11) is 0. The number of rotatable bonds is 3. The van der Waals surface area contributed by atoms with Crippen LogP contribution in [0, 0.1) is 27.6 Å². The molecular formula is C25H36N2. The minimum atomic E-state index is 0.257. The van der Waals surface area contributed by atoms with E-state index in [1.807, 2.05) is 0 Å². The Kier molecular flexibility index (Phi) is 3.04. The second-order valence-electron chi connectivity index (χ2n) is 12.1. The quantitative estimate of drug-likeness (QED) is 0.850. The Balaban J connectivity index is 1.35. The molecule has 1 spiro atoms. The third-order valence-corrected chi connectivity index (χ3v) is 10.3. The molecule has 4 saturated carbocycles. The maximum absolute atomic E-state index is 6.44. The Bertz CT molecular complexity index is 787. The summed E-state index contributed by atoms with van der Waals surface area (Å²) in [6.45, 7) is 11.1. The summed E-state index contributed by atoms with van der Waals surface area (Å²) in [6.07, 6.45) is 8.56. The summed E-state index contributed by atoms with van der Waals surface area (Å²) in [5, 5.41) is 0. The first kappa shape index (κ1) is 17.0. The van der Waals surface area contributed by atoms with E-state index in [0.29, 0.717) is 27.7 Å². The predicted molar refractivity (Wildman–Crippen MR) is 110 cm³/mol. The molecule has 5 fully saturated rings. The van der Waals surface area contributed by atoms with Gasteiger partial charge in [-0.1, -0.05) is 51.1 Å². The van der Waals surface area contributed by atoms with Gasteiger partial charge in [0.05, 0.1) is 0 Å². The van der Waals surface area contributed by atoms with Gasteiger partial charge in [0.15, 0.2) is 0 Å². The van der Waals surface area contributed by atoms with E-state index in [1.165, 1.54) is 58.2 Å². The van der Waals surface area contributed by atoms with Gasteiger partial charge < -0.3 is 10.6 Å². The van der Waals surface area contributed by atoms with Crippen LogP contribution in [0.3, 0.4) is 0 Å². The molecule has 5 aliphatic rings. The summed E-state index contributed by atoms with van der Waals surface area (Å²) in [5.74, 6) is 0.989. The molecule has 1 heterocycles. The Morgan fingerprint density at radius 1 is 1.04 bits per heavy atom. The zero-order valence-electron chi connectivity index (χ0n) is 17.4. The van der Waals surface area contributed by atoms with Gasteiger partial charge in [-0.05, 0) is 78.2 Å². The number of benzene rings is 1. The van der Waals surface area contributed by atoms with Crippen LogP contribution in [0.25, 0.3) is 0 Å². The number of hydrogen-bond acceptors (Lipinski definition) is 2. The second kappa shape index (κ2) is 4.82. The molecule has 2 bridgehead atoms. The number of fused-ring (bicyclic) bond motifs is 1. The van der Waals surface area contributed by atoms with Crippen molar-refractivity contribution in [1.82, 2.24) is 4.90 Å². The molecule has 1 aliphatic heterocycles. The molecule has 1 aromatic carbocycles. The highest BCUT2D eigenvalue weighted by molar-refractivity contribution is 5.50. The summed E-state index contributed by atoms with van der Waals surface area (Å²) in [5.41, 5.74) is 10.6. The number of likely N-dealkylation sites (tertiary alicyclic amines) is 1. The fourth-order valence-corrected chi connectivity index (χ4v) is 9.92. The van der Waals surface area contributed by atoms with E-state index in [0.717, 1.165) is 5.92 Å². The van der Waals surface area contributed by atoms with Crippen molar-refractivity contribution < 1.29 is 0 Å². The highest BCUT2D eigenvalue weighted by atomic mass is 15.2. The molecule has 1 saturated heterocycles. The second-order valence-corrected chi connectivity index (χ2v) is 12.1. The van der Waals surface area contributed by atoms with Crippen LogP contribution in [0.2, 0.25) is 0 Å². The molecular weight excluding hydrogens is 328 g/mol. The fourth-order valence-electron chi connectivity index (χ4n) is 9.92. The summed E-state index contributed by atoms with van der Waals surface area (Å²) in [6, 6.07) is 12.0. The van der Waals surface area contributed by atoms with Gasteiger partial charge in [0.1, 0.15) is 0 Å². The van der Waals surface area contributed by atoms with Gasteiger partial charge in [0.25, 0.3) is 0 Å². The van der Waals surface area contributed by atoms with Gasteiger partial charge in [-0.2, -0.15) is 0 Å². The van der Waals surface area contributed by atoms with Crippen LogP contribution < -0.4 is 5.73 Å². The summed E-state index contributed by atoms with van der Waals surface area (Å²) >= 11 is 0. The summed E-state index contributed by atoms with van der Waals surface area (Å²) in [4.78, 5) is 2.81. The minimum absolute atomic E-state index is 0.257. The lowest BCUT2D eigenvalue weighted by Crippen LogP contribution is -2.82. The average molecular weight is 365 g/mol. The van der Waals surface area contributed by atoms with Gasteiger partial charge in [-0.15, -0.1) is 0 Å². The first-order chi connectivity index (χ1) is 12.8. The molecule has 2 N–H and O–H groups in total. The van der Waals surface area contributed by atoms with Gasteiger partial charge in [0, 0.05) is 24.5 Å². The smallest absolute Gasteiger partial charge is 0.0115 e. The molecule has 2 heteroatoms. The van der Waals surface area contributed by atoms with E-state index in [4.69, 9.17) is 5.73 Å². The highest BCUT2D eigenvalue weighted by Gasteiger charge is 2.90. The van der Waals surface area contributed by atoms with Crippen LogP contribution in [-0.4, -0.2) is 30.6 Å². The molecule has 4 aliphatic carbocycles. The van der Waals surface area contributed by atoms with Crippen molar-refractivity contribution >= 4 is 0 Å². The number of piperidine rings is 1. The molecule has 6 unspecified atom stereocenters. The normalized spacial score (nSPS) is 52.1. The zero-order valence-corrected chi connectivity index (χ0v) is 17.4.